The number of anilines is 1. The minimum absolute atomic E-state index is 0.0148. The average Bonchev–Trinajstić information content (AvgIpc) is 2.90. The van der Waals surface area contributed by atoms with Gasteiger partial charge in [-0.05, 0) is 56.2 Å². The molecule has 0 atom stereocenters. The Hall–Kier alpha value is -2.62. The third-order valence-corrected chi connectivity index (χ3v) is 6.28. The highest BCUT2D eigenvalue weighted by Crippen LogP contribution is 2.41. The highest BCUT2D eigenvalue weighted by Gasteiger charge is 2.44. The van der Waals surface area contributed by atoms with E-state index in [2.05, 4.69) is 24.3 Å². The van der Waals surface area contributed by atoms with Crippen LogP contribution in [0.25, 0.3) is 0 Å². The van der Waals surface area contributed by atoms with Crippen LogP contribution < -0.4 is 4.90 Å². The van der Waals surface area contributed by atoms with Crippen molar-refractivity contribution in [1.82, 2.24) is 4.90 Å². The lowest BCUT2D eigenvalue weighted by molar-refractivity contribution is -0.133. The summed E-state index contributed by atoms with van der Waals surface area (Å²) in [6.45, 7) is 5.58. The molecule has 2 aliphatic rings. The van der Waals surface area contributed by atoms with E-state index < -0.39 is 5.41 Å². The van der Waals surface area contributed by atoms with E-state index >= 15 is 0 Å². The van der Waals surface area contributed by atoms with Crippen molar-refractivity contribution in [2.24, 2.45) is 5.92 Å². The maximum absolute atomic E-state index is 12.9. The molecular weight excluding hydrogens is 348 g/mol. The second-order valence-corrected chi connectivity index (χ2v) is 8.55. The molecule has 0 bridgehead atoms. The van der Waals surface area contributed by atoms with Crippen molar-refractivity contribution in [1.29, 1.82) is 0 Å². The monoisotopic (exact) mass is 376 g/mol. The predicted octanol–water partition coefficient (Wildman–Crippen LogP) is 3.79. The van der Waals surface area contributed by atoms with Gasteiger partial charge in [0.1, 0.15) is 6.54 Å². The van der Waals surface area contributed by atoms with Gasteiger partial charge >= 0.3 is 0 Å². The van der Waals surface area contributed by atoms with Crippen LogP contribution in [-0.4, -0.2) is 36.3 Å². The van der Waals surface area contributed by atoms with E-state index in [1.165, 1.54) is 5.56 Å². The highest BCUT2D eigenvalue weighted by molar-refractivity contribution is 6.10. The number of fused-ring (bicyclic) bond motifs is 1. The maximum atomic E-state index is 12.9. The fraction of sp³-hybridized carbons (Fsp3) is 0.417. The lowest BCUT2D eigenvalue weighted by Crippen LogP contribution is -2.47. The molecule has 4 nitrogen and oxygen atoms in total. The van der Waals surface area contributed by atoms with Crippen molar-refractivity contribution < 1.29 is 9.59 Å². The molecule has 0 N–H and O–H groups in total. The summed E-state index contributed by atoms with van der Waals surface area (Å²) in [4.78, 5) is 29.4. The molecule has 4 heteroatoms. The number of amides is 2. The number of piperidine rings is 1. The van der Waals surface area contributed by atoms with Gasteiger partial charge in [-0.3, -0.25) is 9.59 Å². The molecule has 28 heavy (non-hydrogen) atoms. The van der Waals surface area contributed by atoms with E-state index in [0.29, 0.717) is 5.92 Å². The van der Waals surface area contributed by atoms with Crippen LogP contribution in [0.4, 0.5) is 5.69 Å². The molecule has 2 aromatic rings. The topological polar surface area (TPSA) is 40.6 Å². The third-order valence-electron chi connectivity index (χ3n) is 6.28. The van der Waals surface area contributed by atoms with Crippen molar-refractivity contribution >= 4 is 17.5 Å². The second-order valence-electron chi connectivity index (χ2n) is 8.55. The van der Waals surface area contributed by atoms with Crippen LogP contribution in [0.1, 0.15) is 37.8 Å². The van der Waals surface area contributed by atoms with Gasteiger partial charge in [-0.1, -0.05) is 48.5 Å². The quantitative estimate of drug-likeness (QED) is 0.815. The normalized spacial score (nSPS) is 19.0. The van der Waals surface area contributed by atoms with Crippen LogP contribution in [-0.2, 0) is 21.4 Å². The largest absolute Gasteiger partial charge is 0.341 e. The van der Waals surface area contributed by atoms with Crippen molar-refractivity contribution in [2.75, 3.05) is 24.5 Å². The van der Waals surface area contributed by atoms with Crippen molar-refractivity contribution in [3.63, 3.8) is 0 Å². The molecule has 0 saturated carbocycles. The van der Waals surface area contributed by atoms with Gasteiger partial charge in [0.2, 0.25) is 11.8 Å². The zero-order valence-electron chi connectivity index (χ0n) is 16.7. The number of para-hydroxylation sites is 1. The molecule has 0 aromatic heterocycles. The van der Waals surface area contributed by atoms with Gasteiger partial charge in [0, 0.05) is 18.8 Å². The van der Waals surface area contributed by atoms with Gasteiger partial charge in [0.25, 0.3) is 0 Å². The first kappa shape index (κ1) is 18.7. The predicted molar refractivity (Wildman–Crippen MR) is 111 cm³/mol. The molecule has 4 rings (SSSR count). The zero-order chi connectivity index (χ0) is 19.7. The molecule has 0 spiro atoms. The van der Waals surface area contributed by atoms with Crippen LogP contribution in [0.15, 0.2) is 54.6 Å². The molecule has 1 saturated heterocycles. The van der Waals surface area contributed by atoms with E-state index in [1.54, 1.807) is 4.90 Å². The number of likely N-dealkylation sites (tertiary alicyclic amines) is 1. The van der Waals surface area contributed by atoms with Crippen LogP contribution in [0.2, 0.25) is 0 Å². The lowest BCUT2D eigenvalue weighted by atomic mass is 9.86. The Labute approximate surface area is 167 Å². The van der Waals surface area contributed by atoms with E-state index in [0.717, 1.165) is 43.6 Å². The summed E-state index contributed by atoms with van der Waals surface area (Å²) < 4.78 is 0. The van der Waals surface area contributed by atoms with Crippen molar-refractivity contribution in [3.8, 4) is 0 Å². The zero-order valence-corrected chi connectivity index (χ0v) is 16.7. The summed E-state index contributed by atoms with van der Waals surface area (Å²) in [5, 5.41) is 0. The van der Waals surface area contributed by atoms with Crippen LogP contribution in [0.5, 0.6) is 0 Å². The molecule has 2 heterocycles. The van der Waals surface area contributed by atoms with Gasteiger partial charge in [-0.2, -0.15) is 0 Å². The minimum Gasteiger partial charge on any atom is -0.341 e. The highest BCUT2D eigenvalue weighted by atomic mass is 16.2. The lowest BCUT2D eigenvalue weighted by Gasteiger charge is -2.33. The number of carbonyl (C=O) groups is 2. The Kier molecular flexibility index (Phi) is 4.96. The average molecular weight is 377 g/mol. The number of hydrogen-bond acceptors (Lipinski definition) is 2. The van der Waals surface area contributed by atoms with Crippen LogP contribution >= 0.6 is 0 Å². The van der Waals surface area contributed by atoms with Crippen LogP contribution in [0.3, 0.4) is 0 Å². The van der Waals surface area contributed by atoms with E-state index in [-0.39, 0.29) is 18.4 Å². The standard InChI is InChI=1S/C24H28N2O2/c1-24(2)20-10-6-7-11-21(20)26(23(24)28)17-22(27)25-14-12-19(13-15-25)16-18-8-4-3-5-9-18/h3-11,19H,12-17H2,1-2H3. The minimum atomic E-state index is -0.570. The Morgan fingerprint density at radius 2 is 1.64 bits per heavy atom. The summed E-state index contributed by atoms with van der Waals surface area (Å²) in [7, 11) is 0. The molecule has 2 aliphatic heterocycles. The first-order valence-electron chi connectivity index (χ1n) is 10.2. The summed E-state index contributed by atoms with van der Waals surface area (Å²) in [6, 6.07) is 18.4. The number of benzene rings is 2. The van der Waals surface area contributed by atoms with Crippen molar-refractivity contribution in [2.45, 2.75) is 38.5 Å². The van der Waals surface area contributed by atoms with Gasteiger partial charge in [-0.15, -0.1) is 0 Å². The number of nitrogens with zero attached hydrogens (tertiary/aromatic N) is 2. The first-order valence-corrected chi connectivity index (χ1v) is 10.2. The van der Waals surface area contributed by atoms with E-state index in [1.807, 2.05) is 49.1 Å². The summed E-state index contributed by atoms with van der Waals surface area (Å²) in [5.41, 5.74) is 2.69. The Morgan fingerprint density at radius 3 is 2.36 bits per heavy atom. The smallest absolute Gasteiger partial charge is 0.242 e. The van der Waals surface area contributed by atoms with E-state index in [9.17, 15) is 9.59 Å². The molecular formula is C24H28N2O2. The Balaban J connectivity index is 1.37. The third kappa shape index (κ3) is 3.44. The Bertz CT molecular complexity index is 867. The van der Waals surface area contributed by atoms with Gasteiger partial charge in [0.15, 0.2) is 0 Å². The summed E-state index contributed by atoms with van der Waals surface area (Å²) >= 11 is 0. The summed E-state index contributed by atoms with van der Waals surface area (Å²) in [5.74, 6) is 0.694. The van der Waals surface area contributed by atoms with E-state index in [4.69, 9.17) is 0 Å². The van der Waals surface area contributed by atoms with Crippen LogP contribution in [0, 0.1) is 5.92 Å². The van der Waals surface area contributed by atoms with Crippen molar-refractivity contribution in [3.05, 3.63) is 65.7 Å². The molecule has 1 fully saturated rings. The SMILES string of the molecule is CC1(C)C(=O)N(CC(=O)N2CCC(Cc3ccccc3)CC2)c2ccccc21. The fourth-order valence-electron chi connectivity index (χ4n) is 4.53. The fourth-order valence-corrected chi connectivity index (χ4v) is 4.53. The molecule has 0 radical (unpaired) electrons. The van der Waals surface area contributed by atoms with Gasteiger partial charge in [-0.25, -0.2) is 0 Å². The molecule has 146 valence electrons. The number of rotatable bonds is 4. The molecule has 0 unspecified atom stereocenters. The van der Waals surface area contributed by atoms with Gasteiger partial charge in [0.05, 0.1) is 5.41 Å². The Morgan fingerprint density at radius 1 is 1.00 bits per heavy atom. The molecule has 2 amide bonds. The second kappa shape index (κ2) is 7.42. The molecule has 2 aromatic carbocycles. The summed E-state index contributed by atoms with van der Waals surface area (Å²) in [6.07, 6.45) is 3.13. The molecule has 0 aliphatic carbocycles. The maximum Gasteiger partial charge on any atom is 0.242 e. The number of hydrogen-bond donors (Lipinski definition) is 0. The number of carbonyl (C=O) groups excluding carboxylic acids is 2. The van der Waals surface area contributed by atoms with Gasteiger partial charge < -0.3 is 9.80 Å². The first-order chi connectivity index (χ1) is 13.5.